The Bertz CT molecular complexity index is 1120. The highest BCUT2D eigenvalue weighted by atomic mass is 16.5. The van der Waals surface area contributed by atoms with Gasteiger partial charge in [0.05, 0.1) is 12.8 Å². The third-order valence-electron chi connectivity index (χ3n) is 4.49. The number of nitrogens with zero attached hydrogens (tertiary/aromatic N) is 2. The number of nitrogens with one attached hydrogen (secondary N) is 2. The second kappa shape index (κ2) is 10.2. The van der Waals surface area contributed by atoms with Crippen molar-refractivity contribution in [3.8, 4) is 17.0 Å². The molecule has 0 saturated heterocycles. The molecule has 0 unspecified atom stereocenters. The van der Waals surface area contributed by atoms with E-state index in [4.69, 9.17) is 4.74 Å². The number of aromatic nitrogens is 2. The van der Waals surface area contributed by atoms with Gasteiger partial charge < -0.3 is 15.4 Å². The van der Waals surface area contributed by atoms with Crippen molar-refractivity contribution in [2.24, 2.45) is 0 Å². The zero-order valence-corrected chi connectivity index (χ0v) is 17.4. The molecule has 31 heavy (non-hydrogen) atoms. The molecule has 2 aromatic carbocycles. The number of hydrogen-bond donors (Lipinski definition) is 2. The van der Waals surface area contributed by atoms with Gasteiger partial charge in [-0.25, -0.2) is 4.68 Å². The van der Waals surface area contributed by atoms with E-state index in [2.05, 4.69) is 15.7 Å². The molecule has 8 nitrogen and oxygen atoms in total. The van der Waals surface area contributed by atoms with Crippen LogP contribution in [0.1, 0.15) is 19.8 Å². The van der Waals surface area contributed by atoms with Gasteiger partial charge in [0.1, 0.15) is 5.75 Å². The maximum Gasteiger partial charge on any atom is 0.266 e. The van der Waals surface area contributed by atoms with Gasteiger partial charge in [0.25, 0.3) is 5.56 Å². The van der Waals surface area contributed by atoms with Gasteiger partial charge in [-0.3, -0.25) is 14.4 Å². The molecule has 0 saturated carbocycles. The molecule has 2 N–H and O–H groups in total. The van der Waals surface area contributed by atoms with E-state index < -0.39 is 0 Å². The Morgan fingerprint density at radius 2 is 1.71 bits per heavy atom. The Kier molecular flexibility index (Phi) is 7.16. The van der Waals surface area contributed by atoms with Crippen LogP contribution in [0.5, 0.6) is 5.75 Å². The van der Waals surface area contributed by atoms with Crippen molar-refractivity contribution in [3.63, 3.8) is 0 Å². The number of amides is 2. The van der Waals surface area contributed by atoms with E-state index in [1.54, 1.807) is 37.4 Å². The molecule has 0 bridgehead atoms. The Hall–Kier alpha value is -3.94. The van der Waals surface area contributed by atoms with Crippen LogP contribution in [0.2, 0.25) is 0 Å². The Morgan fingerprint density at radius 1 is 1.00 bits per heavy atom. The predicted octanol–water partition coefficient (Wildman–Crippen LogP) is 3.30. The molecule has 0 radical (unpaired) electrons. The standard InChI is InChI=1S/C23H24N4O4/c1-16(28)24-18-8-10-19(11-9-18)25-22(29)7-4-14-27-23(30)13-12-21(26-27)17-5-3-6-20(15-17)31-2/h3,5-6,8-13,15H,4,7,14H2,1-2H3,(H,24,28)(H,25,29). The van der Waals surface area contributed by atoms with Crippen LogP contribution < -0.4 is 20.9 Å². The monoisotopic (exact) mass is 420 g/mol. The summed E-state index contributed by atoms with van der Waals surface area (Å²) < 4.78 is 6.60. The minimum Gasteiger partial charge on any atom is -0.497 e. The topological polar surface area (TPSA) is 102 Å². The van der Waals surface area contributed by atoms with E-state index in [0.29, 0.717) is 35.8 Å². The second-order valence-electron chi connectivity index (χ2n) is 6.92. The lowest BCUT2D eigenvalue weighted by molar-refractivity contribution is -0.116. The number of ether oxygens (including phenoxy) is 1. The zero-order valence-electron chi connectivity index (χ0n) is 17.4. The summed E-state index contributed by atoms with van der Waals surface area (Å²) in [5, 5.41) is 9.88. The first kappa shape index (κ1) is 21.8. The lowest BCUT2D eigenvalue weighted by Gasteiger charge is -2.09. The van der Waals surface area contributed by atoms with Crippen LogP contribution in [0, 0.1) is 0 Å². The number of carbonyl (C=O) groups is 2. The van der Waals surface area contributed by atoms with Crippen LogP contribution in [0.25, 0.3) is 11.3 Å². The van der Waals surface area contributed by atoms with Crippen LogP contribution in [0.15, 0.2) is 65.5 Å². The van der Waals surface area contributed by atoms with Crippen molar-refractivity contribution in [3.05, 3.63) is 71.0 Å². The highest BCUT2D eigenvalue weighted by Gasteiger charge is 2.07. The minimum atomic E-state index is -0.222. The molecule has 1 aromatic heterocycles. The van der Waals surface area contributed by atoms with Crippen LogP contribution >= 0.6 is 0 Å². The molecule has 0 aliphatic carbocycles. The summed E-state index contributed by atoms with van der Waals surface area (Å²) >= 11 is 0. The lowest BCUT2D eigenvalue weighted by atomic mass is 10.1. The van der Waals surface area contributed by atoms with E-state index in [1.165, 1.54) is 17.7 Å². The molecule has 0 fully saturated rings. The molecule has 3 aromatic rings. The average Bonchev–Trinajstić information content (AvgIpc) is 2.76. The highest BCUT2D eigenvalue weighted by Crippen LogP contribution is 2.21. The van der Waals surface area contributed by atoms with Gasteiger partial charge in [0.15, 0.2) is 0 Å². The summed E-state index contributed by atoms with van der Waals surface area (Å²) in [5.41, 5.74) is 2.57. The van der Waals surface area contributed by atoms with E-state index in [0.717, 1.165) is 5.56 Å². The summed E-state index contributed by atoms with van der Waals surface area (Å²) in [6.07, 6.45) is 0.704. The van der Waals surface area contributed by atoms with Gasteiger partial charge in [-0.2, -0.15) is 5.10 Å². The molecule has 160 valence electrons. The number of benzene rings is 2. The van der Waals surface area contributed by atoms with Crippen molar-refractivity contribution < 1.29 is 14.3 Å². The van der Waals surface area contributed by atoms with E-state index in [9.17, 15) is 14.4 Å². The van der Waals surface area contributed by atoms with Crippen LogP contribution in [0.3, 0.4) is 0 Å². The van der Waals surface area contributed by atoms with Gasteiger partial charge in [0.2, 0.25) is 11.8 Å². The van der Waals surface area contributed by atoms with E-state index in [-0.39, 0.29) is 23.8 Å². The molecule has 0 aliphatic heterocycles. The third kappa shape index (κ3) is 6.27. The number of aryl methyl sites for hydroxylation is 1. The quantitative estimate of drug-likeness (QED) is 0.582. The predicted molar refractivity (Wildman–Crippen MR) is 119 cm³/mol. The van der Waals surface area contributed by atoms with Crippen molar-refractivity contribution in [1.82, 2.24) is 9.78 Å². The Balaban J connectivity index is 1.56. The number of methoxy groups -OCH3 is 1. The van der Waals surface area contributed by atoms with Gasteiger partial charge in [-0.1, -0.05) is 12.1 Å². The molecule has 8 heteroatoms. The first-order valence-corrected chi connectivity index (χ1v) is 9.85. The smallest absolute Gasteiger partial charge is 0.266 e. The van der Waals surface area contributed by atoms with Gasteiger partial charge in [0, 0.05) is 42.9 Å². The zero-order chi connectivity index (χ0) is 22.2. The molecule has 3 rings (SSSR count). The van der Waals surface area contributed by atoms with Crippen LogP contribution in [-0.2, 0) is 16.1 Å². The molecular weight excluding hydrogens is 396 g/mol. The largest absolute Gasteiger partial charge is 0.497 e. The summed E-state index contributed by atoms with van der Waals surface area (Å²) in [7, 11) is 1.59. The molecule has 1 heterocycles. The Morgan fingerprint density at radius 3 is 2.39 bits per heavy atom. The van der Waals surface area contributed by atoms with Gasteiger partial charge in [-0.15, -0.1) is 0 Å². The molecule has 0 atom stereocenters. The summed E-state index contributed by atoms with van der Waals surface area (Å²) in [6, 6.07) is 17.4. The van der Waals surface area contributed by atoms with Gasteiger partial charge in [-0.05, 0) is 48.9 Å². The maximum atomic E-state index is 12.2. The first-order chi connectivity index (χ1) is 14.9. The number of anilines is 2. The Labute approximate surface area is 179 Å². The number of hydrogen-bond acceptors (Lipinski definition) is 5. The molecule has 0 aliphatic rings. The molecular formula is C23H24N4O4. The van der Waals surface area contributed by atoms with Crippen molar-refractivity contribution in [2.75, 3.05) is 17.7 Å². The summed E-state index contributed by atoms with van der Waals surface area (Å²) in [6.45, 7) is 1.76. The fraction of sp³-hybridized carbons (Fsp3) is 0.217. The number of carbonyl (C=O) groups excluding carboxylic acids is 2. The summed E-state index contributed by atoms with van der Waals surface area (Å²) in [5.74, 6) is 0.388. The van der Waals surface area contributed by atoms with Crippen molar-refractivity contribution >= 4 is 23.2 Å². The van der Waals surface area contributed by atoms with Crippen molar-refractivity contribution in [2.45, 2.75) is 26.3 Å². The average molecular weight is 420 g/mol. The highest BCUT2D eigenvalue weighted by molar-refractivity contribution is 5.92. The first-order valence-electron chi connectivity index (χ1n) is 9.85. The lowest BCUT2D eigenvalue weighted by Crippen LogP contribution is -2.23. The maximum absolute atomic E-state index is 12.2. The summed E-state index contributed by atoms with van der Waals surface area (Å²) in [4.78, 5) is 35.4. The fourth-order valence-corrected chi connectivity index (χ4v) is 3.00. The van der Waals surface area contributed by atoms with Gasteiger partial charge >= 0.3 is 0 Å². The van der Waals surface area contributed by atoms with Crippen molar-refractivity contribution in [1.29, 1.82) is 0 Å². The number of rotatable bonds is 8. The van der Waals surface area contributed by atoms with E-state index >= 15 is 0 Å². The SMILES string of the molecule is COc1cccc(-c2ccc(=O)n(CCCC(=O)Nc3ccc(NC(C)=O)cc3)n2)c1. The normalized spacial score (nSPS) is 10.4. The second-order valence-corrected chi connectivity index (χ2v) is 6.92. The van der Waals surface area contributed by atoms with E-state index in [1.807, 2.05) is 24.3 Å². The van der Waals surface area contributed by atoms with Crippen LogP contribution in [-0.4, -0.2) is 28.7 Å². The minimum absolute atomic E-state index is 0.156. The fourth-order valence-electron chi connectivity index (χ4n) is 3.00. The van der Waals surface area contributed by atoms with Crippen LogP contribution in [0.4, 0.5) is 11.4 Å². The third-order valence-corrected chi connectivity index (χ3v) is 4.49. The molecule has 2 amide bonds. The molecule has 0 spiro atoms.